The molecule has 4 heteroatoms. The lowest BCUT2D eigenvalue weighted by atomic mass is 10.1. The molecule has 0 aliphatic heterocycles. The predicted molar refractivity (Wildman–Crippen MR) is 84.1 cm³/mol. The fourth-order valence-corrected chi connectivity index (χ4v) is 2.22. The Bertz CT molecular complexity index is 543. The monoisotopic (exact) mass is 334 g/mol. The molecule has 20 heavy (non-hydrogen) atoms. The molecule has 0 saturated carbocycles. The summed E-state index contributed by atoms with van der Waals surface area (Å²) in [5.41, 5.74) is 1.34. The van der Waals surface area contributed by atoms with Crippen molar-refractivity contribution in [2.75, 3.05) is 6.61 Å². The first-order chi connectivity index (χ1) is 9.65. The molecule has 0 aliphatic rings. The van der Waals surface area contributed by atoms with Gasteiger partial charge in [0.15, 0.2) is 0 Å². The molecule has 3 nitrogen and oxygen atoms in total. The van der Waals surface area contributed by atoms with E-state index in [1.807, 2.05) is 12.1 Å². The quantitative estimate of drug-likeness (QED) is 0.581. The maximum atomic E-state index is 5.72. The second kappa shape index (κ2) is 7.39. The lowest BCUT2D eigenvalue weighted by Gasteiger charge is -2.09. The maximum absolute atomic E-state index is 5.72. The molecule has 0 radical (unpaired) electrons. The molecule has 0 spiro atoms. The number of nitrogens with zero attached hydrogens (tertiary/aromatic N) is 2. The normalized spacial score (nSPS) is 10.8. The lowest BCUT2D eigenvalue weighted by molar-refractivity contribution is 0.297. The van der Waals surface area contributed by atoms with Gasteiger partial charge in [-0.15, -0.1) is 0 Å². The van der Waals surface area contributed by atoms with Gasteiger partial charge in [-0.2, -0.15) is 4.98 Å². The maximum Gasteiger partial charge on any atom is 0.217 e. The van der Waals surface area contributed by atoms with Gasteiger partial charge in [0, 0.05) is 12.0 Å². The van der Waals surface area contributed by atoms with Crippen molar-refractivity contribution in [3.8, 4) is 5.88 Å². The number of benzene rings is 1. The third-order valence-electron chi connectivity index (χ3n) is 2.91. The van der Waals surface area contributed by atoms with Crippen molar-refractivity contribution in [3.63, 3.8) is 0 Å². The lowest BCUT2D eigenvalue weighted by Crippen LogP contribution is -2.04. The summed E-state index contributed by atoms with van der Waals surface area (Å²) in [4.78, 5) is 8.75. The highest BCUT2D eigenvalue weighted by atomic mass is 79.9. The SMILES string of the molecule is CC(C)c1nc(Br)cc(OCCCc2ccccc2)n1. The van der Waals surface area contributed by atoms with E-state index in [0.717, 1.165) is 23.3 Å². The van der Waals surface area contributed by atoms with Gasteiger partial charge in [-0.05, 0) is 34.3 Å². The highest BCUT2D eigenvalue weighted by Crippen LogP contribution is 2.19. The average molecular weight is 335 g/mol. The Hall–Kier alpha value is -1.42. The Morgan fingerprint density at radius 3 is 2.60 bits per heavy atom. The molecule has 1 aromatic carbocycles. The predicted octanol–water partition coefficient (Wildman–Crippen LogP) is 4.37. The van der Waals surface area contributed by atoms with Gasteiger partial charge in [-0.3, -0.25) is 0 Å². The van der Waals surface area contributed by atoms with Crippen molar-refractivity contribution in [2.45, 2.75) is 32.6 Å². The number of aromatic nitrogens is 2. The third kappa shape index (κ3) is 4.60. The smallest absolute Gasteiger partial charge is 0.217 e. The number of aryl methyl sites for hydroxylation is 1. The van der Waals surface area contributed by atoms with E-state index >= 15 is 0 Å². The Balaban J connectivity index is 1.85. The fraction of sp³-hybridized carbons (Fsp3) is 0.375. The van der Waals surface area contributed by atoms with Gasteiger partial charge in [0.1, 0.15) is 10.4 Å². The van der Waals surface area contributed by atoms with Gasteiger partial charge in [0.25, 0.3) is 0 Å². The molecular weight excluding hydrogens is 316 g/mol. The van der Waals surface area contributed by atoms with Gasteiger partial charge in [0.05, 0.1) is 6.61 Å². The molecule has 0 bridgehead atoms. The molecule has 2 aromatic rings. The van der Waals surface area contributed by atoms with E-state index in [0.29, 0.717) is 18.4 Å². The highest BCUT2D eigenvalue weighted by Gasteiger charge is 2.07. The van der Waals surface area contributed by atoms with E-state index in [1.54, 1.807) is 0 Å². The van der Waals surface area contributed by atoms with Crippen LogP contribution in [0.25, 0.3) is 0 Å². The van der Waals surface area contributed by atoms with Crippen molar-refractivity contribution >= 4 is 15.9 Å². The minimum atomic E-state index is 0.291. The van der Waals surface area contributed by atoms with Gasteiger partial charge >= 0.3 is 0 Å². The topological polar surface area (TPSA) is 35.0 Å². The van der Waals surface area contributed by atoms with Crippen molar-refractivity contribution in [1.82, 2.24) is 9.97 Å². The van der Waals surface area contributed by atoms with E-state index in [2.05, 4.69) is 64.0 Å². The Labute approximate surface area is 128 Å². The van der Waals surface area contributed by atoms with Crippen LogP contribution >= 0.6 is 15.9 Å². The standard InChI is InChI=1S/C16H19BrN2O/c1-12(2)16-18-14(17)11-15(19-16)20-10-6-9-13-7-4-3-5-8-13/h3-5,7-8,11-12H,6,9-10H2,1-2H3. The van der Waals surface area contributed by atoms with E-state index in [-0.39, 0.29) is 0 Å². The Kier molecular flexibility index (Phi) is 5.53. The van der Waals surface area contributed by atoms with Gasteiger partial charge in [-0.1, -0.05) is 44.2 Å². The molecular formula is C16H19BrN2O. The first-order valence-electron chi connectivity index (χ1n) is 6.86. The minimum Gasteiger partial charge on any atom is -0.478 e. The van der Waals surface area contributed by atoms with Crippen LogP contribution in [0, 0.1) is 0 Å². The van der Waals surface area contributed by atoms with Crippen LogP contribution in [-0.4, -0.2) is 16.6 Å². The van der Waals surface area contributed by atoms with Gasteiger partial charge in [-0.25, -0.2) is 4.98 Å². The van der Waals surface area contributed by atoms with Crippen molar-refractivity contribution in [3.05, 3.63) is 52.4 Å². The molecule has 1 aromatic heterocycles. The first kappa shape index (κ1) is 15.0. The Morgan fingerprint density at radius 2 is 1.90 bits per heavy atom. The van der Waals surface area contributed by atoms with E-state index < -0.39 is 0 Å². The van der Waals surface area contributed by atoms with Crippen LogP contribution < -0.4 is 4.74 Å². The summed E-state index contributed by atoms with van der Waals surface area (Å²) < 4.78 is 6.49. The zero-order valence-electron chi connectivity index (χ0n) is 11.8. The summed E-state index contributed by atoms with van der Waals surface area (Å²) in [5.74, 6) is 1.74. The number of hydrogen-bond donors (Lipinski definition) is 0. The molecule has 0 fully saturated rings. The van der Waals surface area contributed by atoms with E-state index in [4.69, 9.17) is 4.74 Å². The largest absolute Gasteiger partial charge is 0.478 e. The van der Waals surface area contributed by atoms with Crippen LogP contribution in [0.4, 0.5) is 0 Å². The minimum absolute atomic E-state index is 0.291. The molecule has 0 amide bonds. The third-order valence-corrected chi connectivity index (χ3v) is 3.31. The van der Waals surface area contributed by atoms with E-state index in [1.165, 1.54) is 5.56 Å². The molecule has 106 valence electrons. The van der Waals surface area contributed by atoms with Crippen LogP contribution in [-0.2, 0) is 6.42 Å². The number of halogens is 1. The van der Waals surface area contributed by atoms with Crippen molar-refractivity contribution < 1.29 is 4.74 Å². The number of ether oxygens (including phenoxy) is 1. The summed E-state index contributed by atoms with van der Waals surface area (Å²) in [5, 5.41) is 0. The zero-order chi connectivity index (χ0) is 14.4. The highest BCUT2D eigenvalue weighted by molar-refractivity contribution is 9.10. The van der Waals surface area contributed by atoms with E-state index in [9.17, 15) is 0 Å². The molecule has 0 aliphatic carbocycles. The molecule has 0 N–H and O–H groups in total. The average Bonchev–Trinajstić information content (AvgIpc) is 2.44. The van der Waals surface area contributed by atoms with Crippen LogP contribution in [0.3, 0.4) is 0 Å². The van der Waals surface area contributed by atoms with Crippen molar-refractivity contribution in [1.29, 1.82) is 0 Å². The van der Waals surface area contributed by atoms with Crippen LogP contribution in [0.2, 0.25) is 0 Å². The zero-order valence-corrected chi connectivity index (χ0v) is 13.4. The van der Waals surface area contributed by atoms with Gasteiger partial charge in [0.2, 0.25) is 5.88 Å². The second-order valence-corrected chi connectivity index (χ2v) is 5.79. The van der Waals surface area contributed by atoms with Crippen LogP contribution in [0.5, 0.6) is 5.88 Å². The molecule has 2 rings (SSSR count). The number of hydrogen-bond acceptors (Lipinski definition) is 3. The Morgan fingerprint density at radius 1 is 1.15 bits per heavy atom. The fourth-order valence-electron chi connectivity index (χ4n) is 1.84. The van der Waals surface area contributed by atoms with Gasteiger partial charge < -0.3 is 4.74 Å². The summed E-state index contributed by atoms with van der Waals surface area (Å²) in [6, 6.07) is 12.2. The summed E-state index contributed by atoms with van der Waals surface area (Å²) in [7, 11) is 0. The van der Waals surface area contributed by atoms with Crippen LogP contribution in [0.1, 0.15) is 37.6 Å². The molecule has 0 unspecified atom stereocenters. The molecule has 0 atom stereocenters. The molecule has 1 heterocycles. The van der Waals surface area contributed by atoms with Crippen molar-refractivity contribution in [2.24, 2.45) is 0 Å². The molecule has 0 saturated heterocycles. The number of rotatable bonds is 6. The second-order valence-electron chi connectivity index (χ2n) is 4.98. The summed E-state index contributed by atoms with van der Waals surface area (Å²) in [6.07, 6.45) is 1.99. The summed E-state index contributed by atoms with van der Waals surface area (Å²) in [6.45, 7) is 4.80. The van der Waals surface area contributed by atoms with Crippen LogP contribution in [0.15, 0.2) is 41.0 Å². The summed E-state index contributed by atoms with van der Waals surface area (Å²) >= 11 is 3.40. The first-order valence-corrected chi connectivity index (χ1v) is 7.65.